The molecule has 1 amide bonds. The zero-order valence-corrected chi connectivity index (χ0v) is 13.7. The molecular formula is C19H24N2O. The topological polar surface area (TPSA) is 23.6 Å². The minimum atomic E-state index is 0.152. The average molecular weight is 296 g/mol. The molecule has 2 aromatic carbocycles. The number of carbonyl (C=O) groups excluding carboxylic acids is 1. The van der Waals surface area contributed by atoms with Gasteiger partial charge >= 0.3 is 0 Å². The minimum Gasteiger partial charge on any atom is -0.336 e. The molecule has 116 valence electrons. The molecule has 0 radical (unpaired) electrons. The van der Waals surface area contributed by atoms with Gasteiger partial charge in [0, 0.05) is 37.3 Å². The molecule has 0 N–H and O–H groups in total. The van der Waals surface area contributed by atoms with Gasteiger partial charge < -0.3 is 4.90 Å². The SMILES string of the molecule is CC(C)(C)N1CCN(C(=O)c2ccc3ccccc3c2)CC1. The van der Waals surface area contributed by atoms with E-state index in [1.807, 2.05) is 35.2 Å². The summed E-state index contributed by atoms with van der Waals surface area (Å²) in [6.45, 7) is 10.2. The van der Waals surface area contributed by atoms with Gasteiger partial charge in [-0.1, -0.05) is 30.3 Å². The third-order valence-corrected chi connectivity index (χ3v) is 4.51. The molecule has 0 bridgehead atoms. The molecule has 3 rings (SSSR count). The van der Waals surface area contributed by atoms with Crippen LogP contribution in [0.1, 0.15) is 31.1 Å². The lowest BCUT2D eigenvalue weighted by Crippen LogP contribution is -2.54. The van der Waals surface area contributed by atoms with Gasteiger partial charge in [0.05, 0.1) is 0 Å². The number of amides is 1. The number of fused-ring (bicyclic) bond motifs is 1. The van der Waals surface area contributed by atoms with Crippen molar-refractivity contribution in [1.29, 1.82) is 0 Å². The highest BCUT2D eigenvalue weighted by Gasteiger charge is 2.28. The molecule has 0 atom stereocenters. The third-order valence-electron chi connectivity index (χ3n) is 4.51. The van der Waals surface area contributed by atoms with Crippen molar-refractivity contribution in [2.24, 2.45) is 0 Å². The molecule has 3 heteroatoms. The molecule has 3 nitrogen and oxygen atoms in total. The molecule has 0 spiro atoms. The predicted octanol–water partition coefficient (Wildman–Crippen LogP) is 3.40. The van der Waals surface area contributed by atoms with E-state index in [2.05, 4.69) is 37.8 Å². The molecule has 0 aromatic heterocycles. The van der Waals surface area contributed by atoms with Gasteiger partial charge in [0.1, 0.15) is 0 Å². The van der Waals surface area contributed by atoms with Crippen molar-refractivity contribution in [3.05, 3.63) is 48.0 Å². The largest absolute Gasteiger partial charge is 0.336 e. The number of carbonyl (C=O) groups is 1. The van der Waals surface area contributed by atoms with Crippen molar-refractivity contribution < 1.29 is 4.79 Å². The Morgan fingerprint density at radius 1 is 0.909 bits per heavy atom. The summed E-state index contributed by atoms with van der Waals surface area (Å²) in [7, 11) is 0. The van der Waals surface area contributed by atoms with Gasteiger partial charge in [0.2, 0.25) is 0 Å². The smallest absolute Gasteiger partial charge is 0.253 e. The van der Waals surface area contributed by atoms with Gasteiger partial charge in [-0.25, -0.2) is 0 Å². The van der Waals surface area contributed by atoms with Crippen LogP contribution in [-0.2, 0) is 0 Å². The maximum atomic E-state index is 12.7. The van der Waals surface area contributed by atoms with Crippen LogP contribution in [-0.4, -0.2) is 47.4 Å². The normalized spacial score (nSPS) is 17.0. The first-order valence-electron chi connectivity index (χ1n) is 7.98. The molecule has 1 fully saturated rings. The molecule has 0 aliphatic carbocycles. The van der Waals surface area contributed by atoms with Crippen LogP contribution in [0.25, 0.3) is 10.8 Å². The van der Waals surface area contributed by atoms with Gasteiger partial charge in [-0.2, -0.15) is 0 Å². The Kier molecular flexibility index (Phi) is 3.92. The van der Waals surface area contributed by atoms with E-state index in [4.69, 9.17) is 0 Å². The summed E-state index contributed by atoms with van der Waals surface area (Å²) < 4.78 is 0. The highest BCUT2D eigenvalue weighted by Crippen LogP contribution is 2.19. The number of piperazine rings is 1. The van der Waals surface area contributed by atoms with Crippen LogP contribution in [0.15, 0.2) is 42.5 Å². The first-order chi connectivity index (χ1) is 10.4. The summed E-state index contributed by atoms with van der Waals surface area (Å²) in [6, 6.07) is 14.2. The highest BCUT2D eigenvalue weighted by atomic mass is 16.2. The second-order valence-electron chi connectivity index (χ2n) is 7.01. The van der Waals surface area contributed by atoms with Crippen LogP contribution in [0.5, 0.6) is 0 Å². The van der Waals surface area contributed by atoms with Crippen molar-refractivity contribution in [2.75, 3.05) is 26.2 Å². The van der Waals surface area contributed by atoms with Gasteiger partial charge in [0.15, 0.2) is 0 Å². The Bertz CT molecular complexity index is 679. The second-order valence-corrected chi connectivity index (χ2v) is 7.01. The molecule has 1 aliphatic heterocycles. The first kappa shape index (κ1) is 15.0. The van der Waals surface area contributed by atoms with Crippen molar-refractivity contribution in [3.8, 4) is 0 Å². The fraction of sp³-hybridized carbons (Fsp3) is 0.421. The van der Waals surface area contributed by atoms with Crippen molar-refractivity contribution in [2.45, 2.75) is 26.3 Å². The van der Waals surface area contributed by atoms with Crippen LogP contribution in [0.2, 0.25) is 0 Å². The van der Waals surface area contributed by atoms with Crippen molar-refractivity contribution in [3.63, 3.8) is 0 Å². The summed E-state index contributed by atoms with van der Waals surface area (Å²) in [5.74, 6) is 0.152. The van der Waals surface area contributed by atoms with Gasteiger partial charge in [0.25, 0.3) is 5.91 Å². The molecule has 1 aliphatic rings. The van der Waals surface area contributed by atoms with Crippen LogP contribution in [0.3, 0.4) is 0 Å². The van der Waals surface area contributed by atoms with E-state index < -0.39 is 0 Å². The summed E-state index contributed by atoms with van der Waals surface area (Å²) in [5.41, 5.74) is 0.973. The van der Waals surface area contributed by atoms with Crippen LogP contribution < -0.4 is 0 Å². The Labute approximate surface area is 132 Å². The van der Waals surface area contributed by atoms with Gasteiger partial charge in [-0.05, 0) is 43.7 Å². The van der Waals surface area contributed by atoms with Crippen molar-refractivity contribution >= 4 is 16.7 Å². The number of rotatable bonds is 1. The number of nitrogens with zero attached hydrogens (tertiary/aromatic N) is 2. The fourth-order valence-corrected chi connectivity index (χ4v) is 3.09. The second kappa shape index (κ2) is 5.73. The third kappa shape index (κ3) is 3.00. The zero-order valence-electron chi connectivity index (χ0n) is 13.7. The van der Waals surface area contributed by atoms with E-state index in [-0.39, 0.29) is 11.4 Å². The Morgan fingerprint density at radius 2 is 1.55 bits per heavy atom. The lowest BCUT2D eigenvalue weighted by Gasteiger charge is -2.42. The van der Waals surface area contributed by atoms with Crippen molar-refractivity contribution in [1.82, 2.24) is 9.80 Å². The lowest BCUT2D eigenvalue weighted by molar-refractivity contribution is 0.0451. The fourth-order valence-electron chi connectivity index (χ4n) is 3.09. The predicted molar refractivity (Wildman–Crippen MR) is 91.2 cm³/mol. The molecule has 0 saturated carbocycles. The molecule has 1 heterocycles. The average Bonchev–Trinajstić information content (AvgIpc) is 2.53. The molecule has 1 saturated heterocycles. The summed E-state index contributed by atoms with van der Waals surface area (Å²) in [4.78, 5) is 17.1. The van der Waals surface area contributed by atoms with Gasteiger partial charge in [-0.3, -0.25) is 9.69 Å². The van der Waals surface area contributed by atoms with Crippen LogP contribution in [0.4, 0.5) is 0 Å². The van der Waals surface area contributed by atoms with E-state index in [1.165, 1.54) is 5.39 Å². The summed E-state index contributed by atoms with van der Waals surface area (Å²) in [5, 5.41) is 2.30. The highest BCUT2D eigenvalue weighted by molar-refractivity contribution is 5.98. The van der Waals surface area contributed by atoms with E-state index in [0.29, 0.717) is 0 Å². The Morgan fingerprint density at radius 3 is 2.18 bits per heavy atom. The van der Waals surface area contributed by atoms with E-state index in [1.54, 1.807) is 0 Å². The Balaban J connectivity index is 1.74. The molecule has 22 heavy (non-hydrogen) atoms. The standard InChI is InChI=1S/C19H24N2O/c1-19(2,3)21-12-10-20(11-13-21)18(22)17-9-8-15-6-4-5-7-16(15)14-17/h4-9,14H,10-13H2,1-3H3. The summed E-state index contributed by atoms with van der Waals surface area (Å²) >= 11 is 0. The quantitative estimate of drug-likeness (QED) is 0.805. The lowest BCUT2D eigenvalue weighted by atomic mass is 10.0. The maximum absolute atomic E-state index is 12.7. The molecular weight excluding hydrogens is 272 g/mol. The van der Waals surface area contributed by atoms with E-state index >= 15 is 0 Å². The first-order valence-corrected chi connectivity index (χ1v) is 7.98. The Hall–Kier alpha value is -1.87. The van der Waals surface area contributed by atoms with Gasteiger partial charge in [-0.15, -0.1) is 0 Å². The number of hydrogen-bond donors (Lipinski definition) is 0. The monoisotopic (exact) mass is 296 g/mol. The molecule has 0 unspecified atom stereocenters. The minimum absolute atomic E-state index is 0.152. The van der Waals surface area contributed by atoms with Crippen LogP contribution >= 0.6 is 0 Å². The number of hydrogen-bond acceptors (Lipinski definition) is 2. The summed E-state index contributed by atoms with van der Waals surface area (Å²) in [6.07, 6.45) is 0. The number of benzene rings is 2. The maximum Gasteiger partial charge on any atom is 0.253 e. The zero-order chi connectivity index (χ0) is 15.7. The van der Waals surface area contributed by atoms with Crippen LogP contribution in [0, 0.1) is 0 Å². The molecule has 2 aromatic rings. The van der Waals surface area contributed by atoms with E-state index in [9.17, 15) is 4.79 Å². The van der Waals surface area contributed by atoms with E-state index in [0.717, 1.165) is 37.1 Å².